The lowest BCUT2D eigenvalue weighted by atomic mass is 10.1. The van der Waals surface area contributed by atoms with E-state index < -0.39 is 27.4 Å². The smallest absolute Gasteiger partial charge is 0.325 e. The molecule has 1 unspecified atom stereocenters. The van der Waals surface area contributed by atoms with E-state index >= 15 is 0 Å². The second kappa shape index (κ2) is 6.94. The standard InChI is InChI=1S/C18H16IN3O4S2/c1-11-16(12-5-3-2-4-6-12)18(11,17(23)24)21-28(25,26)15-8-7-14(27-15)22-10-13(19)9-20-22/h2-11,16,21H,1H3,(H,23,24)/t11?,16-,18+/m1/s1. The van der Waals surface area contributed by atoms with Gasteiger partial charge < -0.3 is 5.11 Å². The van der Waals surface area contributed by atoms with Gasteiger partial charge in [0.15, 0.2) is 0 Å². The maximum Gasteiger partial charge on any atom is 0.325 e. The topological polar surface area (TPSA) is 101 Å². The van der Waals surface area contributed by atoms with Crippen molar-refractivity contribution in [1.29, 1.82) is 0 Å². The summed E-state index contributed by atoms with van der Waals surface area (Å²) in [5.41, 5.74) is -0.746. The van der Waals surface area contributed by atoms with Gasteiger partial charge in [-0.3, -0.25) is 4.79 Å². The zero-order valence-electron chi connectivity index (χ0n) is 14.6. The molecule has 28 heavy (non-hydrogen) atoms. The van der Waals surface area contributed by atoms with Gasteiger partial charge in [0, 0.05) is 12.1 Å². The fourth-order valence-electron chi connectivity index (χ4n) is 3.57. The van der Waals surface area contributed by atoms with E-state index in [-0.39, 0.29) is 10.1 Å². The van der Waals surface area contributed by atoms with Crippen LogP contribution in [-0.4, -0.2) is 34.8 Å². The number of rotatable bonds is 6. The van der Waals surface area contributed by atoms with E-state index in [1.165, 1.54) is 6.07 Å². The highest BCUT2D eigenvalue weighted by Crippen LogP contribution is 2.58. The molecule has 0 spiro atoms. The van der Waals surface area contributed by atoms with Gasteiger partial charge in [0.25, 0.3) is 10.0 Å². The molecule has 2 N–H and O–H groups in total. The Bertz CT molecular complexity index is 1140. The Morgan fingerprint density at radius 3 is 2.61 bits per heavy atom. The zero-order chi connectivity index (χ0) is 20.1. The molecular weight excluding hydrogens is 513 g/mol. The Hall–Kier alpha value is -1.76. The quantitative estimate of drug-likeness (QED) is 0.478. The Labute approximate surface area is 179 Å². The van der Waals surface area contributed by atoms with Crippen LogP contribution >= 0.6 is 33.9 Å². The van der Waals surface area contributed by atoms with Crippen LogP contribution in [-0.2, 0) is 14.8 Å². The third-order valence-electron chi connectivity index (χ3n) is 5.02. The fourth-order valence-corrected chi connectivity index (χ4v) is 6.65. The second-order valence-electron chi connectivity index (χ2n) is 6.65. The molecule has 3 atom stereocenters. The van der Waals surface area contributed by atoms with Crippen molar-refractivity contribution in [2.45, 2.75) is 22.6 Å². The van der Waals surface area contributed by atoms with Crippen LogP contribution in [0.15, 0.2) is 59.1 Å². The minimum Gasteiger partial charge on any atom is -0.480 e. The van der Waals surface area contributed by atoms with Crippen molar-refractivity contribution >= 4 is 49.9 Å². The van der Waals surface area contributed by atoms with E-state index in [0.29, 0.717) is 5.00 Å². The molecule has 0 bridgehead atoms. The van der Waals surface area contributed by atoms with E-state index in [9.17, 15) is 18.3 Å². The van der Waals surface area contributed by atoms with Gasteiger partial charge in [-0.2, -0.15) is 9.82 Å². The number of carboxylic acids is 1. The first-order valence-corrected chi connectivity index (χ1v) is 11.8. The van der Waals surface area contributed by atoms with Crippen LogP contribution < -0.4 is 4.72 Å². The third kappa shape index (κ3) is 3.17. The van der Waals surface area contributed by atoms with Crippen LogP contribution in [0, 0.1) is 9.49 Å². The molecule has 2 aromatic heterocycles. The highest BCUT2D eigenvalue weighted by molar-refractivity contribution is 14.1. The summed E-state index contributed by atoms with van der Waals surface area (Å²) < 4.78 is 31.0. The molecular formula is C18H16IN3O4S2. The summed E-state index contributed by atoms with van der Waals surface area (Å²) >= 11 is 3.16. The van der Waals surface area contributed by atoms with Crippen molar-refractivity contribution in [3.05, 3.63) is 64.0 Å². The lowest BCUT2D eigenvalue weighted by Crippen LogP contribution is -2.45. The summed E-state index contributed by atoms with van der Waals surface area (Å²) in [5.74, 6) is -1.96. The van der Waals surface area contributed by atoms with Crippen LogP contribution in [0.25, 0.3) is 5.00 Å². The molecule has 0 amide bonds. The molecule has 3 aromatic rings. The van der Waals surface area contributed by atoms with E-state index in [0.717, 1.165) is 20.5 Å². The number of aromatic nitrogens is 2. The SMILES string of the molecule is CC1[C@H](c2ccccc2)[C@]1(NS(=O)(=O)c1ccc(-n2cc(I)cn2)s1)C(=O)O. The minimum absolute atomic E-state index is 0.0551. The van der Waals surface area contributed by atoms with Crippen LogP contribution in [0.1, 0.15) is 18.4 Å². The predicted octanol–water partition coefficient (Wildman–Crippen LogP) is 3.07. The first-order chi connectivity index (χ1) is 13.3. The molecule has 0 radical (unpaired) electrons. The number of hydrogen-bond donors (Lipinski definition) is 2. The third-order valence-corrected chi connectivity index (χ3v) is 8.63. The molecule has 0 saturated heterocycles. The summed E-state index contributed by atoms with van der Waals surface area (Å²) in [7, 11) is -4.01. The largest absolute Gasteiger partial charge is 0.480 e. The lowest BCUT2D eigenvalue weighted by Gasteiger charge is -2.15. The number of hydrogen-bond acceptors (Lipinski definition) is 5. The van der Waals surface area contributed by atoms with Crippen molar-refractivity contribution < 1.29 is 18.3 Å². The second-order valence-corrected chi connectivity index (χ2v) is 10.9. The molecule has 1 aliphatic carbocycles. The average molecular weight is 529 g/mol. The van der Waals surface area contributed by atoms with Crippen molar-refractivity contribution in [3.63, 3.8) is 0 Å². The van der Waals surface area contributed by atoms with Crippen LogP contribution in [0.5, 0.6) is 0 Å². The van der Waals surface area contributed by atoms with Crippen molar-refractivity contribution in [3.8, 4) is 5.00 Å². The van der Waals surface area contributed by atoms with Crippen LogP contribution in [0.3, 0.4) is 0 Å². The normalized spacial score (nSPS) is 24.2. The van der Waals surface area contributed by atoms with Gasteiger partial charge in [0.05, 0.1) is 9.77 Å². The van der Waals surface area contributed by atoms with Crippen LogP contribution in [0.4, 0.5) is 0 Å². The summed E-state index contributed by atoms with van der Waals surface area (Å²) in [4.78, 5) is 12.1. The van der Waals surface area contributed by atoms with Crippen molar-refractivity contribution in [2.75, 3.05) is 0 Å². The molecule has 4 rings (SSSR count). The molecule has 0 aliphatic heterocycles. The average Bonchev–Trinajstić information content (AvgIpc) is 3.06. The van der Waals surface area contributed by atoms with E-state index in [4.69, 9.17) is 0 Å². The number of carboxylic acid groups (broad SMARTS) is 1. The molecule has 7 nitrogen and oxygen atoms in total. The Morgan fingerprint density at radius 2 is 2.00 bits per heavy atom. The Balaban J connectivity index is 1.65. The summed E-state index contributed by atoms with van der Waals surface area (Å²) in [5, 5.41) is 14.7. The molecule has 146 valence electrons. The van der Waals surface area contributed by atoms with Crippen molar-refractivity contribution in [1.82, 2.24) is 14.5 Å². The minimum atomic E-state index is -4.01. The van der Waals surface area contributed by atoms with E-state index in [1.54, 1.807) is 30.1 Å². The van der Waals surface area contributed by atoms with Gasteiger partial charge in [-0.05, 0) is 46.2 Å². The molecule has 1 aromatic carbocycles. The van der Waals surface area contributed by atoms with E-state index in [1.807, 2.05) is 30.3 Å². The fraction of sp³-hybridized carbons (Fsp3) is 0.222. The number of carbonyl (C=O) groups is 1. The Morgan fingerprint density at radius 1 is 1.29 bits per heavy atom. The number of sulfonamides is 1. The monoisotopic (exact) mass is 529 g/mol. The highest BCUT2D eigenvalue weighted by Gasteiger charge is 2.70. The lowest BCUT2D eigenvalue weighted by molar-refractivity contribution is -0.140. The highest BCUT2D eigenvalue weighted by atomic mass is 127. The van der Waals surface area contributed by atoms with Gasteiger partial charge in [-0.25, -0.2) is 13.1 Å². The van der Waals surface area contributed by atoms with Gasteiger partial charge >= 0.3 is 5.97 Å². The van der Waals surface area contributed by atoms with Gasteiger partial charge in [0.2, 0.25) is 0 Å². The molecule has 1 fully saturated rings. The molecule has 1 saturated carbocycles. The van der Waals surface area contributed by atoms with Gasteiger partial charge in [-0.15, -0.1) is 11.3 Å². The number of thiophene rings is 1. The van der Waals surface area contributed by atoms with Crippen LogP contribution in [0.2, 0.25) is 0 Å². The number of halogens is 1. The van der Waals surface area contributed by atoms with Gasteiger partial charge in [0.1, 0.15) is 14.7 Å². The molecule has 1 aliphatic rings. The van der Waals surface area contributed by atoms with E-state index in [2.05, 4.69) is 32.4 Å². The number of nitrogens with one attached hydrogen (secondary N) is 1. The summed E-state index contributed by atoms with van der Waals surface area (Å²) in [6.07, 6.45) is 3.45. The number of nitrogens with zero attached hydrogens (tertiary/aromatic N) is 2. The summed E-state index contributed by atoms with van der Waals surface area (Å²) in [6.45, 7) is 1.75. The number of benzene rings is 1. The molecule has 10 heteroatoms. The Kier molecular flexibility index (Phi) is 4.84. The first kappa shape index (κ1) is 19.6. The number of aliphatic carboxylic acids is 1. The maximum absolute atomic E-state index is 13.0. The zero-order valence-corrected chi connectivity index (χ0v) is 18.4. The molecule has 2 heterocycles. The summed E-state index contributed by atoms with van der Waals surface area (Å²) in [6, 6.07) is 12.2. The first-order valence-electron chi connectivity index (χ1n) is 8.38. The predicted molar refractivity (Wildman–Crippen MR) is 113 cm³/mol. The van der Waals surface area contributed by atoms with Gasteiger partial charge in [-0.1, -0.05) is 37.3 Å². The van der Waals surface area contributed by atoms with Crippen molar-refractivity contribution in [2.24, 2.45) is 5.92 Å². The maximum atomic E-state index is 13.0.